The summed E-state index contributed by atoms with van der Waals surface area (Å²) in [6.45, 7) is 4.05. The minimum Gasteiger partial charge on any atom is -0.460 e. The summed E-state index contributed by atoms with van der Waals surface area (Å²) in [5.74, 6) is -0.804. The van der Waals surface area contributed by atoms with Crippen LogP contribution in [0.2, 0.25) is 0 Å². The second kappa shape index (κ2) is 6.97. The van der Waals surface area contributed by atoms with Crippen molar-refractivity contribution in [3.8, 4) is 0 Å². The molecule has 0 aliphatic carbocycles. The number of carbonyl (C=O) groups excluding carboxylic acids is 1. The molecule has 0 aliphatic rings. The van der Waals surface area contributed by atoms with Crippen LogP contribution in [0.3, 0.4) is 0 Å². The summed E-state index contributed by atoms with van der Waals surface area (Å²) < 4.78 is 35.9. The molecule has 0 aromatic carbocycles. The minimum absolute atomic E-state index is 0.125. The van der Waals surface area contributed by atoms with Crippen molar-refractivity contribution >= 4 is 27.8 Å². The Morgan fingerprint density at radius 3 is 2.79 bits per heavy atom. The van der Waals surface area contributed by atoms with Crippen LogP contribution in [-0.2, 0) is 14.8 Å². The second-order valence-corrected chi connectivity index (χ2v) is 6.71. The zero-order valence-corrected chi connectivity index (χ0v) is 12.6. The fourth-order valence-corrected chi connectivity index (χ4v) is 2.57. The Morgan fingerprint density at radius 2 is 2.21 bits per heavy atom. The highest BCUT2D eigenvalue weighted by Gasteiger charge is 2.22. The molecule has 1 aromatic heterocycles. The molecule has 108 valence electrons. The Labute approximate surface area is 116 Å². The summed E-state index contributed by atoms with van der Waals surface area (Å²) in [6.07, 6.45) is 1.89. The van der Waals surface area contributed by atoms with Crippen molar-refractivity contribution in [2.24, 2.45) is 0 Å². The van der Waals surface area contributed by atoms with Gasteiger partial charge in [0, 0.05) is 11.8 Å². The van der Waals surface area contributed by atoms with E-state index in [0.717, 1.165) is 0 Å². The summed E-state index contributed by atoms with van der Waals surface area (Å²) in [7, 11) is -3.73. The van der Waals surface area contributed by atoms with Crippen LogP contribution >= 0.6 is 11.8 Å². The summed E-state index contributed by atoms with van der Waals surface area (Å²) >= 11 is 1.55. The maximum Gasteiger partial charge on any atom is 0.374 e. The maximum absolute atomic E-state index is 11.9. The van der Waals surface area contributed by atoms with Gasteiger partial charge in [-0.1, -0.05) is 6.92 Å². The van der Waals surface area contributed by atoms with Gasteiger partial charge in [-0.25, -0.2) is 17.9 Å². The van der Waals surface area contributed by atoms with Crippen LogP contribution in [0.1, 0.15) is 24.4 Å². The van der Waals surface area contributed by atoms with Gasteiger partial charge in [0.1, 0.15) is 0 Å². The van der Waals surface area contributed by atoms with Gasteiger partial charge in [0.2, 0.25) is 10.9 Å². The number of nitrogens with one attached hydrogen (secondary N) is 1. The van der Waals surface area contributed by atoms with E-state index in [1.165, 1.54) is 12.1 Å². The summed E-state index contributed by atoms with van der Waals surface area (Å²) in [4.78, 5) is 11.4. The molecule has 1 heterocycles. The highest BCUT2D eigenvalue weighted by molar-refractivity contribution is 7.99. The van der Waals surface area contributed by atoms with Gasteiger partial charge < -0.3 is 9.15 Å². The lowest BCUT2D eigenvalue weighted by Gasteiger charge is -2.08. The van der Waals surface area contributed by atoms with E-state index in [1.807, 2.05) is 13.2 Å². The van der Waals surface area contributed by atoms with Crippen LogP contribution in [-0.4, -0.2) is 39.0 Å². The fourth-order valence-electron chi connectivity index (χ4n) is 1.16. The van der Waals surface area contributed by atoms with E-state index in [4.69, 9.17) is 9.15 Å². The van der Waals surface area contributed by atoms with Gasteiger partial charge >= 0.3 is 5.97 Å². The van der Waals surface area contributed by atoms with E-state index in [-0.39, 0.29) is 22.7 Å². The Bertz CT molecular complexity index is 523. The lowest BCUT2D eigenvalue weighted by atomic mass is 10.5. The van der Waals surface area contributed by atoms with Gasteiger partial charge in [0.15, 0.2) is 0 Å². The van der Waals surface area contributed by atoms with Crippen molar-refractivity contribution in [3.63, 3.8) is 0 Å². The molecular weight excluding hydrogens is 290 g/mol. The van der Waals surface area contributed by atoms with Gasteiger partial charge in [-0.3, -0.25) is 0 Å². The van der Waals surface area contributed by atoms with Crippen molar-refractivity contribution in [1.29, 1.82) is 0 Å². The molecule has 0 spiro atoms. The molecular formula is C11H17NO5S2. The Morgan fingerprint density at radius 1 is 1.53 bits per heavy atom. The topological polar surface area (TPSA) is 85.6 Å². The molecule has 0 saturated heterocycles. The van der Waals surface area contributed by atoms with Crippen molar-refractivity contribution in [2.45, 2.75) is 24.2 Å². The number of carbonyl (C=O) groups is 1. The molecule has 8 heteroatoms. The average molecular weight is 307 g/mol. The van der Waals surface area contributed by atoms with Crippen molar-refractivity contribution in [1.82, 2.24) is 4.72 Å². The number of sulfonamides is 1. The van der Waals surface area contributed by atoms with Crippen molar-refractivity contribution < 1.29 is 22.4 Å². The van der Waals surface area contributed by atoms with Crippen LogP contribution in [0.5, 0.6) is 0 Å². The normalized spacial score (nSPS) is 13.2. The van der Waals surface area contributed by atoms with E-state index in [1.54, 1.807) is 18.7 Å². The molecule has 0 radical (unpaired) electrons. The first-order valence-corrected chi connectivity index (χ1v) is 8.47. The molecule has 0 aliphatic heterocycles. The fraction of sp³-hybridized carbons (Fsp3) is 0.545. The van der Waals surface area contributed by atoms with Gasteiger partial charge in [0.05, 0.1) is 6.61 Å². The van der Waals surface area contributed by atoms with Crippen molar-refractivity contribution in [2.75, 3.05) is 19.4 Å². The third-order valence-electron chi connectivity index (χ3n) is 2.29. The molecule has 0 saturated carbocycles. The molecule has 1 aromatic rings. The monoisotopic (exact) mass is 307 g/mol. The summed E-state index contributed by atoms with van der Waals surface area (Å²) in [5.41, 5.74) is 0. The van der Waals surface area contributed by atoms with E-state index in [2.05, 4.69) is 4.72 Å². The lowest BCUT2D eigenvalue weighted by molar-refractivity contribution is 0.0484. The van der Waals surface area contributed by atoms with Gasteiger partial charge in [-0.05, 0) is 25.3 Å². The van der Waals surface area contributed by atoms with Crippen LogP contribution < -0.4 is 4.72 Å². The molecule has 1 N–H and O–H groups in total. The predicted octanol–water partition coefficient (Wildman–Crippen LogP) is 1.49. The molecule has 1 atom stereocenters. The zero-order chi connectivity index (χ0) is 14.5. The number of hydrogen-bond donors (Lipinski definition) is 1. The van der Waals surface area contributed by atoms with E-state index >= 15 is 0 Å². The number of esters is 1. The number of thioether (sulfide) groups is 1. The Kier molecular flexibility index (Phi) is 5.89. The molecule has 0 amide bonds. The molecule has 19 heavy (non-hydrogen) atoms. The van der Waals surface area contributed by atoms with Gasteiger partial charge in [-0.15, -0.1) is 0 Å². The molecule has 0 bridgehead atoms. The first kappa shape index (κ1) is 16.1. The van der Waals surface area contributed by atoms with E-state index in [9.17, 15) is 13.2 Å². The van der Waals surface area contributed by atoms with Crippen LogP contribution in [0.4, 0.5) is 0 Å². The largest absolute Gasteiger partial charge is 0.460 e. The van der Waals surface area contributed by atoms with Gasteiger partial charge in [-0.2, -0.15) is 11.8 Å². The number of furan rings is 1. The Hall–Kier alpha value is -0.990. The average Bonchev–Trinajstić information content (AvgIpc) is 2.86. The number of hydrogen-bond acceptors (Lipinski definition) is 6. The SMILES string of the molecule is CCOC(=O)c1ccc(S(=O)(=O)NCC(C)SC)o1. The van der Waals surface area contributed by atoms with E-state index in [0.29, 0.717) is 6.54 Å². The molecule has 1 rings (SSSR count). The highest BCUT2D eigenvalue weighted by Crippen LogP contribution is 2.15. The van der Waals surface area contributed by atoms with Crippen LogP contribution in [0, 0.1) is 0 Å². The number of rotatable bonds is 7. The minimum atomic E-state index is -3.73. The Balaban J connectivity index is 2.77. The number of ether oxygens (including phenoxy) is 1. The third kappa shape index (κ3) is 4.55. The zero-order valence-electron chi connectivity index (χ0n) is 11.0. The molecule has 0 fully saturated rings. The smallest absolute Gasteiger partial charge is 0.374 e. The maximum atomic E-state index is 11.9. The van der Waals surface area contributed by atoms with Crippen molar-refractivity contribution in [3.05, 3.63) is 17.9 Å². The lowest BCUT2D eigenvalue weighted by Crippen LogP contribution is -2.29. The molecule has 1 unspecified atom stereocenters. The highest BCUT2D eigenvalue weighted by atomic mass is 32.2. The van der Waals surface area contributed by atoms with Crippen LogP contribution in [0.25, 0.3) is 0 Å². The van der Waals surface area contributed by atoms with E-state index < -0.39 is 16.0 Å². The summed E-state index contributed by atoms with van der Waals surface area (Å²) in [5, 5.41) is -0.141. The predicted molar refractivity (Wildman–Crippen MR) is 72.8 cm³/mol. The van der Waals surface area contributed by atoms with Crippen LogP contribution in [0.15, 0.2) is 21.6 Å². The summed E-state index contributed by atoms with van der Waals surface area (Å²) in [6, 6.07) is 2.52. The molecule has 6 nitrogen and oxygen atoms in total. The second-order valence-electron chi connectivity index (χ2n) is 3.74. The first-order valence-electron chi connectivity index (χ1n) is 5.70. The quantitative estimate of drug-likeness (QED) is 0.768. The standard InChI is InChI=1S/C11H17NO5S2/c1-4-16-11(13)9-5-6-10(17-9)19(14,15)12-7-8(2)18-3/h5-6,8,12H,4,7H2,1-3H3. The first-order chi connectivity index (χ1) is 8.90. The van der Waals surface area contributed by atoms with Gasteiger partial charge in [0.25, 0.3) is 10.0 Å². The third-order valence-corrected chi connectivity index (χ3v) is 4.55.